The molecule has 9 heteroatoms. The zero-order chi connectivity index (χ0) is 21.7. The van der Waals surface area contributed by atoms with Gasteiger partial charge in [-0.3, -0.25) is 15.2 Å². The summed E-state index contributed by atoms with van der Waals surface area (Å²) in [6.07, 6.45) is 1.64. The molecule has 0 bridgehead atoms. The summed E-state index contributed by atoms with van der Waals surface area (Å²) in [5.74, 6) is 1.14. The number of carbonyl (C=O) groups is 1. The summed E-state index contributed by atoms with van der Waals surface area (Å²) in [5, 5.41) is 4.32. The van der Waals surface area contributed by atoms with Crippen LogP contribution in [0.5, 0.6) is 23.0 Å². The third-order valence-electron chi connectivity index (χ3n) is 4.26. The fourth-order valence-corrected chi connectivity index (χ4v) is 3.10. The number of ether oxygens (including phenoxy) is 4. The van der Waals surface area contributed by atoms with E-state index in [9.17, 15) is 4.79 Å². The monoisotopic (exact) mass is 427 g/mol. The Kier molecular flexibility index (Phi) is 6.63. The lowest BCUT2D eigenvalue weighted by molar-refractivity contribution is -0.132. The molecule has 0 fully saturated rings. The third-order valence-corrected chi connectivity index (χ3v) is 4.58. The summed E-state index contributed by atoms with van der Waals surface area (Å²) in [6, 6.07) is 10.4. The second-order valence-electron chi connectivity index (χ2n) is 6.23. The van der Waals surface area contributed by atoms with Crippen LogP contribution in [0.2, 0.25) is 0 Å². The molecule has 0 saturated heterocycles. The molecule has 0 spiro atoms. The minimum atomic E-state index is -0.477. The van der Waals surface area contributed by atoms with Crippen molar-refractivity contribution in [2.24, 2.45) is 10.1 Å². The Morgan fingerprint density at radius 2 is 1.83 bits per heavy atom. The first-order valence-electron chi connectivity index (χ1n) is 8.96. The average molecular weight is 427 g/mol. The van der Waals surface area contributed by atoms with Crippen molar-refractivity contribution in [2.45, 2.75) is 13.0 Å². The van der Waals surface area contributed by atoms with Crippen LogP contribution in [0.15, 0.2) is 46.5 Å². The predicted octanol–water partition coefficient (Wildman–Crippen LogP) is 2.76. The highest BCUT2D eigenvalue weighted by molar-refractivity contribution is 7.80. The van der Waals surface area contributed by atoms with Crippen LogP contribution in [-0.4, -0.2) is 50.3 Å². The number of hydrogen-bond acceptors (Lipinski definition) is 8. The molecule has 1 atom stereocenters. The van der Waals surface area contributed by atoms with Crippen LogP contribution in [0.4, 0.5) is 0 Å². The van der Waals surface area contributed by atoms with Crippen LogP contribution in [-0.2, 0) is 4.79 Å². The van der Waals surface area contributed by atoms with E-state index in [-0.39, 0.29) is 5.75 Å². The predicted molar refractivity (Wildman–Crippen MR) is 118 cm³/mol. The van der Waals surface area contributed by atoms with Crippen molar-refractivity contribution < 1.29 is 23.7 Å². The molecule has 1 N–H and O–H groups in total. The molecule has 0 aromatic heterocycles. The Hall–Kier alpha value is -3.46. The van der Waals surface area contributed by atoms with E-state index in [2.05, 4.69) is 15.5 Å². The lowest BCUT2D eigenvalue weighted by atomic mass is 10.0. The van der Waals surface area contributed by atoms with Gasteiger partial charge in [-0.2, -0.15) is 5.10 Å². The van der Waals surface area contributed by atoms with Crippen molar-refractivity contribution in [2.75, 3.05) is 21.3 Å². The lowest BCUT2D eigenvalue weighted by Crippen LogP contribution is -2.26. The molecule has 30 heavy (non-hydrogen) atoms. The largest absolute Gasteiger partial charge is 0.497 e. The number of hydrogen-bond donors (Lipinski definition) is 1. The molecule has 156 valence electrons. The van der Waals surface area contributed by atoms with Crippen LogP contribution in [0.25, 0.3) is 0 Å². The minimum absolute atomic E-state index is 0.210. The molecular formula is C21H21N3O5S. The van der Waals surface area contributed by atoms with Gasteiger partial charge in [0, 0.05) is 18.7 Å². The molecule has 1 aliphatic rings. The molecular weight excluding hydrogens is 406 g/mol. The number of aliphatic imine (C=N–C) groups is 1. The number of thiocarbonyl (C=S) groups is 1. The second kappa shape index (κ2) is 9.36. The first kappa shape index (κ1) is 21.3. The molecule has 0 aliphatic carbocycles. The van der Waals surface area contributed by atoms with Crippen molar-refractivity contribution in [1.82, 2.24) is 5.43 Å². The summed E-state index contributed by atoms with van der Waals surface area (Å²) in [5.41, 5.74) is 5.04. The SMILES string of the molecule is COc1cccc(C2=NNC(=S)[C@H]2N=Cc2cc(OC)c(OC(C)=O)c(OC)c2)c1. The van der Waals surface area contributed by atoms with Crippen LogP contribution in [0.1, 0.15) is 18.1 Å². The van der Waals surface area contributed by atoms with E-state index in [1.54, 1.807) is 25.5 Å². The molecule has 1 heterocycles. The first-order chi connectivity index (χ1) is 14.5. The summed E-state index contributed by atoms with van der Waals surface area (Å²) in [4.78, 5) is 16.5. The van der Waals surface area contributed by atoms with Crippen molar-refractivity contribution >= 4 is 35.1 Å². The number of methoxy groups -OCH3 is 3. The normalized spacial score (nSPS) is 15.5. The number of esters is 1. The van der Waals surface area contributed by atoms with Gasteiger partial charge in [-0.15, -0.1) is 0 Å². The van der Waals surface area contributed by atoms with Gasteiger partial charge in [-0.1, -0.05) is 24.4 Å². The Bertz CT molecular complexity index is 1010. The molecule has 0 saturated carbocycles. The van der Waals surface area contributed by atoms with E-state index in [4.69, 9.17) is 31.2 Å². The Morgan fingerprint density at radius 3 is 2.43 bits per heavy atom. The van der Waals surface area contributed by atoms with E-state index >= 15 is 0 Å². The molecule has 0 unspecified atom stereocenters. The van der Waals surface area contributed by atoms with Crippen LogP contribution < -0.4 is 24.4 Å². The van der Waals surface area contributed by atoms with E-state index in [0.29, 0.717) is 33.5 Å². The molecule has 1 aliphatic heterocycles. The minimum Gasteiger partial charge on any atom is -0.497 e. The number of nitrogens with one attached hydrogen (secondary N) is 1. The first-order valence-corrected chi connectivity index (χ1v) is 9.37. The van der Waals surface area contributed by atoms with Crippen LogP contribution in [0.3, 0.4) is 0 Å². The topological polar surface area (TPSA) is 90.7 Å². The smallest absolute Gasteiger partial charge is 0.308 e. The summed E-state index contributed by atoms with van der Waals surface area (Å²) in [6.45, 7) is 1.31. The van der Waals surface area contributed by atoms with Gasteiger partial charge in [0.15, 0.2) is 11.5 Å². The Balaban J connectivity index is 1.92. The van der Waals surface area contributed by atoms with Crippen molar-refractivity contribution in [3.8, 4) is 23.0 Å². The van der Waals surface area contributed by atoms with Crippen molar-refractivity contribution in [3.63, 3.8) is 0 Å². The van der Waals surface area contributed by atoms with Crippen molar-refractivity contribution in [1.29, 1.82) is 0 Å². The van der Waals surface area contributed by atoms with Gasteiger partial charge in [-0.25, -0.2) is 0 Å². The second-order valence-corrected chi connectivity index (χ2v) is 6.67. The molecule has 0 radical (unpaired) electrons. The Labute approximate surface area is 179 Å². The standard InChI is InChI=1S/C21H21N3O5S/c1-12(25)29-20-16(27-3)8-13(9-17(20)28-4)11-22-19-18(23-24-21(19)30)14-6-5-7-15(10-14)26-2/h5-11,19H,1-4H3,(H,24,30)/t19-/m0/s1. The van der Waals surface area contributed by atoms with Crippen LogP contribution >= 0.6 is 12.2 Å². The fraction of sp³-hybridized carbons (Fsp3) is 0.238. The van der Waals surface area contributed by atoms with E-state index in [1.807, 2.05) is 24.3 Å². The van der Waals surface area contributed by atoms with Gasteiger partial charge >= 0.3 is 5.97 Å². The van der Waals surface area contributed by atoms with Gasteiger partial charge in [-0.05, 0) is 29.8 Å². The molecule has 3 rings (SSSR count). The van der Waals surface area contributed by atoms with Gasteiger partial charge in [0.05, 0.1) is 27.0 Å². The maximum Gasteiger partial charge on any atom is 0.308 e. The molecule has 2 aromatic rings. The number of nitrogens with zero attached hydrogens (tertiary/aromatic N) is 2. The van der Waals surface area contributed by atoms with E-state index in [0.717, 1.165) is 5.56 Å². The summed E-state index contributed by atoms with van der Waals surface area (Å²) < 4.78 is 21.2. The maximum atomic E-state index is 11.4. The van der Waals surface area contributed by atoms with Gasteiger partial charge in [0.1, 0.15) is 16.8 Å². The number of rotatable bonds is 7. The maximum absolute atomic E-state index is 11.4. The zero-order valence-electron chi connectivity index (χ0n) is 17.0. The molecule has 8 nitrogen and oxygen atoms in total. The zero-order valence-corrected chi connectivity index (χ0v) is 17.8. The highest BCUT2D eigenvalue weighted by Crippen LogP contribution is 2.38. The lowest BCUT2D eigenvalue weighted by Gasteiger charge is -2.13. The van der Waals surface area contributed by atoms with Gasteiger partial charge < -0.3 is 18.9 Å². The molecule has 2 aromatic carbocycles. The Morgan fingerprint density at radius 1 is 1.13 bits per heavy atom. The average Bonchev–Trinajstić information content (AvgIpc) is 3.12. The highest BCUT2D eigenvalue weighted by atomic mass is 32.1. The third kappa shape index (κ3) is 4.57. The number of benzene rings is 2. The number of hydrazone groups is 1. The quantitative estimate of drug-likeness (QED) is 0.314. The van der Waals surface area contributed by atoms with Crippen LogP contribution in [0, 0.1) is 0 Å². The van der Waals surface area contributed by atoms with E-state index < -0.39 is 12.0 Å². The highest BCUT2D eigenvalue weighted by Gasteiger charge is 2.27. The number of carbonyl (C=O) groups excluding carboxylic acids is 1. The summed E-state index contributed by atoms with van der Waals surface area (Å²) >= 11 is 5.38. The van der Waals surface area contributed by atoms with E-state index in [1.165, 1.54) is 21.1 Å². The summed E-state index contributed by atoms with van der Waals surface area (Å²) in [7, 11) is 4.56. The van der Waals surface area contributed by atoms with Gasteiger partial charge in [0.2, 0.25) is 5.75 Å². The van der Waals surface area contributed by atoms with Gasteiger partial charge in [0.25, 0.3) is 0 Å². The molecule has 0 amide bonds. The van der Waals surface area contributed by atoms with Crippen molar-refractivity contribution in [3.05, 3.63) is 47.5 Å². The fourth-order valence-electron chi connectivity index (χ4n) is 2.88.